The topological polar surface area (TPSA) is 108 Å². The molecule has 0 radical (unpaired) electrons. The number of unbranched alkanes of at least 4 members (excludes halogenated alkanes) is 34. The minimum Gasteiger partial charge on any atom is -0.477 e. The fourth-order valence-corrected chi connectivity index (χ4v) is 9.93. The number of ether oxygens (including phenoxy) is 4. The van der Waals surface area contributed by atoms with E-state index in [1.807, 2.05) is 21.1 Å². The Morgan fingerprint density at radius 2 is 0.671 bits per heavy atom. The fourth-order valence-electron chi connectivity index (χ4n) is 9.93. The summed E-state index contributed by atoms with van der Waals surface area (Å²) < 4.78 is 23.0. The van der Waals surface area contributed by atoms with Gasteiger partial charge in [0.1, 0.15) is 13.2 Å². The number of carboxylic acid groups (broad SMARTS) is 1. The van der Waals surface area contributed by atoms with Gasteiger partial charge < -0.3 is 28.5 Å². The van der Waals surface area contributed by atoms with Gasteiger partial charge >= 0.3 is 17.9 Å². The summed E-state index contributed by atoms with van der Waals surface area (Å²) in [6, 6.07) is 0. The zero-order chi connectivity index (χ0) is 61.9. The second-order valence-electron chi connectivity index (χ2n) is 24.8. The van der Waals surface area contributed by atoms with Crippen LogP contribution in [0.15, 0.2) is 97.2 Å². The lowest BCUT2D eigenvalue weighted by Crippen LogP contribution is -2.40. The van der Waals surface area contributed by atoms with Crippen molar-refractivity contribution >= 4 is 17.9 Å². The SMILES string of the molecule is CC/C=C\C/C=C\C/C=C\C/C=C\C/C=C\C/C=C\CCCCCCCCCCCCCCCCCCC(=O)OC(COC(=O)CCCCCCCCCCCCCCC/C=C\C/C=C\CCCCCCC)COC(OCC[N+](C)(C)C)C(=O)O. The highest BCUT2D eigenvalue weighted by molar-refractivity contribution is 5.71. The summed E-state index contributed by atoms with van der Waals surface area (Å²) >= 11 is 0. The van der Waals surface area contributed by atoms with Gasteiger partial charge in [-0.15, -0.1) is 0 Å². The Morgan fingerprint density at radius 3 is 1.00 bits per heavy atom. The van der Waals surface area contributed by atoms with Crippen LogP contribution in [0.4, 0.5) is 0 Å². The number of carboxylic acids is 1. The van der Waals surface area contributed by atoms with Gasteiger partial charge in [0.15, 0.2) is 6.10 Å². The third-order valence-corrected chi connectivity index (χ3v) is 15.3. The molecule has 1 N–H and O–H groups in total. The van der Waals surface area contributed by atoms with Gasteiger partial charge in [0, 0.05) is 12.8 Å². The lowest BCUT2D eigenvalue weighted by molar-refractivity contribution is -0.870. The van der Waals surface area contributed by atoms with Crippen molar-refractivity contribution in [2.24, 2.45) is 0 Å². The van der Waals surface area contributed by atoms with E-state index in [2.05, 4.69) is 111 Å². The van der Waals surface area contributed by atoms with Crippen LogP contribution in [0.2, 0.25) is 0 Å². The molecule has 0 aromatic rings. The molecule has 2 unspecified atom stereocenters. The molecule has 0 rings (SSSR count). The Morgan fingerprint density at radius 1 is 0.365 bits per heavy atom. The number of nitrogens with zero attached hydrogens (tertiary/aromatic N) is 1. The van der Waals surface area contributed by atoms with Crippen molar-refractivity contribution in [3.05, 3.63) is 97.2 Å². The lowest BCUT2D eigenvalue weighted by atomic mass is 10.0. The molecular weight excluding hydrogens is 1050 g/mol. The highest BCUT2D eigenvalue weighted by Gasteiger charge is 2.25. The number of carbonyl (C=O) groups is 3. The predicted molar refractivity (Wildman–Crippen MR) is 364 cm³/mol. The number of carbonyl (C=O) groups excluding carboxylic acids is 2. The Bertz CT molecular complexity index is 1720. The van der Waals surface area contributed by atoms with Crippen LogP contribution in [0.5, 0.6) is 0 Å². The molecule has 0 aliphatic carbocycles. The van der Waals surface area contributed by atoms with E-state index in [0.29, 0.717) is 17.4 Å². The van der Waals surface area contributed by atoms with Crippen molar-refractivity contribution in [2.45, 2.75) is 322 Å². The third kappa shape index (κ3) is 67.6. The van der Waals surface area contributed by atoms with Gasteiger partial charge in [0.05, 0.1) is 34.4 Å². The van der Waals surface area contributed by atoms with Crippen molar-refractivity contribution in [3.63, 3.8) is 0 Å². The highest BCUT2D eigenvalue weighted by atomic mass is 16.7. The minimum absolute atomic E-state index is 0.183. The molecule has 0 aromatic carbocycles. The number of likely N-dealkylation sites (N-methyl/N-ethyl adjacent to an activating group) is 1. The second-order valence-corrected chi connectivity index (χ2v) is 24.8. The first-order chi connectivity index (χ1) is 41.6. The highest BCUT2D eigenvalue weighted by Crippen LogP contribution is 2.17. The first-order valence-electron chi connectivity index (χ1n) is 35.4. The monoisotopic (exact) mass is 1190 g/mol. The molecule has 0 fully saturated rings. The van der Waals surface area contributed by atoms with Gasteiger partial charge in [-0.25, -0.2) is 4.79 Å². The minimum atomic E-state index is -1.51. The summed E-state index contributed by atoms with van der Waals surface area (Å²) in [6.07, 6.45) is 88.0. The van der Waals surface area contributed by atoms with Gasteiger partial charge in [-0.05, 0) is 96.3 Å². The summed E-state index contributed by atoms with van der Waals surface area (Å²) in [7, 11) is 5.98. The molecular formula is C76H134NO8+. The zero-order valence-electron chi connectivity index (χ0n) is 56.0. The lowest BCUT2D eigenvalue weighted by Gasteiger charge is -2.25. The van der Waals surface area contributed by atoms with Crippen LogP contribution in [0.25, 0.3) is 0 Å². The number of quaternary nitrogens is 1. The first-order valence-corrected chi connectivity index (χ1v) is 35.4. The Kier molecular flexibility index (Phi) is 63.2. The van der Waals surface area contributed by atoms with Crippen molar-refractivity contribution < 1.29 is 42.9 Å². The molecule has 9 heteroatoms. The van der Waals surface area contributed by atoms with Gasteiger partial charge in [0.25, 0.3) is 6.29 Å². The van der Waals surface area contributed by atoms with E-state index in [1.54, 1.807) is 0 Å². The van der Waals surface area contributed by atoms with E-state index in [9.17, 15) is 19.5 Å². The van der Waals surface area contributed by atoms with Gasteiger partial charge in [-0.3, -0.25) is 9.59 Å². The molecule has 0 bridgehead atoms. The Labute approximate surface area is 524 Å². The molecule has 0 heterocycles. The summed E-state index contributed by atoms with van der Waals surface area (Å²) in [5.41, 5.74) is 0. The van der Waals surface area contributed by atoms with Crippen molar-refractivity contribution in [3.8, 4) is 0 Å². The summed E-state index contributed by atoms with van der Waals surface area (Å²) in [6.45, 7) is 4.78. The van der Waals surface area contributed by atoms with E-state index in [-0.39, 0.29) is 32.2 Å². The van der Waals surface area contributed by atoms with Crippen molar-refractivity contribution in [1.82, 2.24) is 0 Å². The largest absolute Gasteiger partial charge is 0.477 e. The van der Waals surface area contributed by atoms with Crippen LogP contribution in [0.3, 0.4) is 0 Å². The molecule has 0 amide bonds. The summed E-state index contributed by atoms with van der Waals surface area (Å²) in [5.74, 6) is -1.99. The average molecular weight is 1190 g/mol. The standard InChI is InChI=1S/C76H133NO8/c1-6-8-10-12-14-16-18-20-22-24-26-28-30-32-33-34-35-36-37-38-39-40-41-43-45-47-49-51-53-55-57-59-61-63-65-67-74(79)85-72(71-84-76(75(80)81)82-69-68-77(3,4)5)70-83-73(78)66-64-62-60-58-56-54-52-50-48-46-44-42-31-29-27-25-23-21-19-17-15-13-11-9-7-2/h8,10,14,16,19-22,25-28,32-33,35-36,72,76H,6-7,9,11-13,15,17-18,23-24,29-31,34,37-71H2,1-5H3/p+1/b10-8-,16-14-,21-19-,22-20-,27-25-,28-26-,33-32-,36-35-. The molecule has 0 saturated heterocycles. The smallest absolute Gasteiger partial charge is 0.361 e. The molecule has 85 heavy (non-hydrogen) atoms. The van der Waals surface area contributed by atoms with Crippen molar-refractivity contribution in [2.75, 3.05) is 47.5 Å². The van der Waals surface area contributed by atoms with E-state index in [4.69, 9.17) is 18.9 Å². The first kappa shape index (κ1) is 81.2. The average Bonchev–Trinajstić information content (AvgIpc) is 3.48. The molecule has 0 spiro atoms. The number of rotatable bonds is 65. The molecule has 0 aliphatic heterocycles. The van der Waals surface area contributed by atoms with Gasteiger partial charge in [-0.1, -0.05) is 297 Å². The Balaban J connectivity index is 4.10. The van der Waals surface area contributed by atoms with Crippen LogP contribution in [0.1, 0.15) is 309 Å². The molecule has 0 aliphatic rings. The van der Waals surface area contributed by atoms with Crippen LogP contribution in [-0.2, 0) is 33.3 Å². The fraction of sp³-hybridized carbons (Fsp3) is 0.750. The van der Waals surface area contributed by atoms with Crippen LogP contribution in [0, 0.1) is 0 Å². The van der Waals surface area contributed by atoms with Crippen LogP contribution >= 0.6 is 0 Å². The van der Waals surface area contributed by atoms with Gasteiger partial charge in [-0.2, -0.15) is 0 Å². The number of hydrogen-bond acceptors (Lipinski definition) is 7. The van der Waals surface area contributed by atoms with E-state index in [0.717, 1.165) is 83.5 Å². The van der Waals surface area contributed by atoms with E-state index in [1.165, 1.54) is 199 Å². The molecule has 0 aromatic heterocycles. The second kappa shape index (κ2) is 66.2. The zero-order valence-corrected chi connectivity index (χ0v) is 56.0. The third-order valence-electron chi connectivity index (χ3n) is 15.3. The van der Waals surface area contributed by atoms with Crippen LogP contribution < -0.4 is 0 Å². The molecule has 9 nitrogen and oxygen atoms in total. The quantitative estimate of drug-likeness (QED) is 0.0211. The maximum atomic E-state index is 13.0. The van der Waals surface area contributed by atoms with Crippen molar-refractivity contribution in [1.29, 1.82) is 0 Å². The number of allylic oxidation sites excluding steroid dienone is 16. The van der Waals surface area contributed by atoms with Crippen LogP contribution in [-0.4, -0.2) is 87.4 Å². The molecule has 2 atom stereocenters. The molecule has 0 saturated carbocycles. The maximum Gasteiger partial charge on any atom is 0.361 e. The Hall–Kier alpha value is -3.79. The normalized spacial score (nSPS) is 13.3. The molecule has 490 valence electrons. The number of hydrogen-bond donors (Lipinski definition) is 1. The van der Waals surface area contributed by atoms with E-state index < -0.39 is 24.3 Å². The van der Waals surface area contributed by atoms with E-state index >= 15 is 0 Å². The number of esters is 2. The number of aliphatic carboxylic acids is 1. The van der Waals surface area contributed by atoms with Gasteiger partial charge in [0.2, 0.25) is 0 Å². The predicted octanol–water partition coefficient (Wildman–Crippen LogP) is 22.0. The summed E-state index contributed by atoms with van der Waals surface area (Å²) in [5, 5.41) is 9.75. The summed E-state index contributed by atoms with van der Waals surface area (Å²) in [4.78, 5) is 37.6. The maximum absolute atomic E-state index is 13.0.